The predicted octanol–water partition coefficient (Wildman–Crippen LogP) is 3.56. The number of nitrogens with one attached hydrogen (secondary N) is 1. The summed E-state index contributed by atoms with van der Waals surface area (Å²) in [6, 6.07) is 3.66. The van der Waals surface area contributed by atoms with Crippen LogP contribution in [0.4, 0.5) is 11.6 Å². The van der Waals surface area contributed by atoms with Crippen molar-refractivity contribution in [1.82, 2.24) is 24.5 Å². The van der Waals surface area contributed by atoms with Gasteiger partial charge in [-0.1, -0.05) is 13.3 Å². The van der Waals surface area contributed by atoms with Gasteiger partial charge in [-0.2, -0.15) is 9.97 Å². The quantitative estimate of drug-likeness (QED) is 0.618. The molecule has 1 N–H and O–H groups in total. The molecular weight excluding hydrogens is 344 g/mol. The van der Waals surface area contributed by atoms with Crippen molar-refractivity contribution in [2.24, 2.45) is 5.92 Å². The van der Waals surface area contributed by atoms with Crippen LogP contribution in [0.15, 0.2) is 24.7 Å². The Labute approximate surface area is 158 Å². The first-order valence-corrected chi connectivity index (χ1v) is 9.39. The van der Waals surface area contributed by atoms with Crippen molar-refractivity contribution < 1.29 is 9.47 Å². The van der Waals surface area contributed by atoms with E-state index in [1.807, 2.05) is 12.4 Å². The highest BCUT2D eigenvalue weighted by atomic mass is 16.5. The van der Waals surface area contributed by atoms with Gasteiger partial charge in [-0.3, -0.25) is 0 Å². The molecule has 4 rings (SSSR count). The van der Waals surface area contributed by atoms with E-state index in [2.05, 4.69) is 36.7 Å². The molecule has 1 aliphatic carbocycles. The lowest BCUT2D eigenvalue weighted by atomic mass is 10.3. The van der Waals surface area contributed by atoms with Crippen molar-refractivity contribution in [2.75, 3.05) is 19.0 Å². The highest BCUT2D eigenvalue weighted by Gasteiger charge is 2.23. The summed E-state index contributed by atoms with van der Waals surface area (Å²) in [7, 11) is 1.59. The van der Waals surface area contributed by atoms with Crippen molar-refractivity contribution in [3.05, 3.63) is 24.7 Å². The van der Waals surface area contributed by atoms with E-state index in [-0.39, 0.29) is 0 Å². The predicted molar refractivity (Wildman–Crippen MR) is 103 cm³/mol. The summed E-state index contributed by atoms with van der Waals surface area (Å²) in [4.78, 5) is 17.9. The molecule has 27 heavy (non-hydrogen) atoms. The highest BCUT2D eigenvalue weighted by molar-refractivity contribution is 5.78. The maximum absolute atomic E-state index is 5.97. The van der Waals surface area contributed by atoms with Gasteiger partial charge in [0.15, 0.2) is 11.2 Å². The second-order valence-corrected chi connectivity index (χ2v) is 6.78. The number of hydrogen-bond acceptors (Lipinski definition) is 7. The average molecular weight is 368 g/mol. The summed E-state index contributed by atoms with van der Waals surface area (Å²) in [6.07, 6.45) is 8.13. The van der Waals surface area contributed by atoms with E-state index < -0.39 is 0 Å². The summed E-state index contributed by atoms with van der Waals surface area (Å²) in [5.74, 6) is 2.20. The van der Waals surface area contributed by atoms with Gasteiger partial charge in [-0.05, 0) is 31.2 Å². The van der Waals surface area contributed by atoms with Crippen LogP contribution in [0.1, 0.15) is 32.6 Å². The van der Waals surface area contributed by atoms with Crippen LogP contribution in [0, 0.1) is 5.92 Å². The third kappa shape index (κ3) is 4.10. The molecule has 8 nitrogen and oxygen atoms in total. The maximum Gasteiger partial charge on any atom is 0.247 e. The molecule has 0 spiro atoms. The number of ether oxygens (including phenoxy) is 2. The van der Waals surface area contributed by atoms with E-state index in [1.54, 1.807) is 19.4 Å². The van der Waals surface area contributed by atoms with Gasteiger partial charge in [0.1, 0.15) is 0 Å². The van der Waals surface area contributed by atoms with Crippen molar-refractivity contribution in [3.8, 4) is 11.8 Å². The number of hydrogen-bond donors (Lipinski definition) is 1. The van der Waals surface area contributed by atoms with Gasteiger partial charge in [0.2, 0.25) is 17.7 Å². The Kier molecular flexibility index (Phi) is 5.04. The first-order chi connectivity index (χ1) is 13.3. The first kappa shape index (κ1) is 17.5. The lowest BCUT2D eigenvalue weighted by Crippen LogP contribution is -2.06. The Morgan fingerprint density at radius 1 is 1.22 bits per heavy atom. The molecule has 3 heterocycles. The zero-order chi connectivity index (χ0) is 18.6. The van der Waals surface area contributed by atoms with Crippen LogP contribution >= 0.6 is 0 Å². The molecule has 0 saturated heterocycles. The molecule has 142 valence electrons. The molecule has 1 fully saturated rings. The molecule has 0 aliphatic heterocycles. The number of anilines is 2. The standard InChI is InChI=1S/C19H24N6O2/c1-3-4-9-25-12-21-16-17(25)23-19(24-18(16)27-11-13-5-6-13)22-14-7-8-15(26-2)20-10-14/h7-8,10,12-13H,3-6,9,11H2,1-2H3,(H,22,23,24). The number of methoxy groups -OCH3 is 1. The Balaban J connectivity index is 1.64. The number of aryl methyl sites for hydroxylation is 1. The van der Waals surface area contributed by atoms with Gasteiger partial charge >= 0.3 is 0 Å². The summed E-state index contributed by atoms with van der Waals surface area (Å²) < 4.78 is 13.1. The number of nitrogens with zero attached hydrogens (tertiary/aromatic N) is 5. The van der Waals surface area contributed by atoms with Crippen LogP contribution in [0.5, 0.6) is 11.8 Å². The molecule has 0 bridgehead atoms. The average Bonchev–Trinajstić information content (AvgIpc) is 3.44. The van der Waals surface area contributed by atoms with Gasteiger partial charge < -0.3 is 19.4 Å². The Morgan fingerprint density at radius 3 is 2.81 bits per heavy atom. The van der Waals surface area contributed by atoms with Crippen LogP contribution in [-0.2, 0) is 6.54 Å². The lowest BCUT2D eigenvalue weighted by molar-refractivity contribution is 0.292. The fourth-order valence-corrected chi connectivity index (χ4v) is 2.75. The first-order valence-electron chi connectivity index (χ1n) is 9.39. The molecular formula is C19H24N6O2. The molecule has 1 saturated carbocycles. The Morgan fingerprint density at radius 2 is 2.11 bits per heavy atom. The smallest absolute Gasteiger partial charge is 0.247 e. The fourth-order valence-electron chi connectivity index (χ4n) is 2.75. The van der Waals surface area contributed by atoms with Crippen molar-refractivity contribution in [2.45, 2.75) is 39.2 Å². The minimum absolute atomic E-state index is 0.471. The van der Waals surface area contributed by atoms with E-state index in [0.717, 1.165) is 30.7 Å². The van der Waals surface area contributed by atoms with E-state index in [9.17, 15) is 0 Å². The summed E-state index contributed by atoms with van der Waals surface area (Å²) in [5.41, 5.74) is 2.28. The Bertz CT molecular complexity index is 904. The second kappa shape index (κ2) is 7.77. The molecule has 0 unspecified atom stereocenters. The molecule has 3 aromatic heterocycles. The summed E-state index contributed by atoms with van der Waals surface area (Å²) in [5, 5.41) is 3.20. The lowest BCUT2D eigenvalue weighted by Gasteiger charge is -2.10. The molecule has 0 aromatic carbocycles. The zero-order valence-corrected chi connectivity index (χ0v) is 15.7. The van der Waals surface area contributed by atoms with Crippen LogP contribution in [0.2, 0.25) is 0 Å². The van der Waals surface area contributed by atoms with Gasteiger partial charge in [-0.25, -0.2) is 9.97 Å². The van der Waals surface area contributed by atoms with Gasteiger partial charge in [0.25, 0.3) is 0 Å². The van der Waals surface area contributed by atoms with Crippen molar-refractivity contribution in [3.63, 3.8) is 0 Å². The van der Waals surface area contributed by atoms with Crippen LogP contribution in [0.25, 0.3) is 11.2 Å². The second-order valence-electron chi connectivity index (χ2n) is 6.78. The number of unbranched alkanes of at least 4 members (excludes halogenated alkanes) is 1. The van der Waals surface area contributed by atoms with Gasteiger partial charge in [-0.15, -0.1) is 0 Å². The van der Waals surface area contributed by atoms with Gasteiger partial charge in [0, 0.05) is 12.6 Å². The van der Waals surface area contributed by atoms with Crippen LogP contribution < -0.4 is 14.8 Å². The number of pyridine rings is 1. The monoisotopic (exact) mass is 368 g/mol. The van der Waals surface area contributed by atoms with Crippen LogP contribution in [0.3, 0.4) is 0 Å². The minimum Gasteiger partial charge on any atom is -0.481 e. The number of imidazole rings is 1. The van der Waals surface area contributed by atoms with Crippen LogP contribution in [-0.4, -0.2) is 38.2 Å². The number of fused-ring (bicyclic) bond motifs is 1. The normalized spacial score (nSPS) is 13.7. The molecule has 0 amide bonds. The Hall–Kier alpha value is -2.90. The van der Waals surface area contributed by atoms with Gasteiger partial charge in [0.05, 0.1) is 31.9 Å². The maximum atomic E-state index is 5.97. The molecule has 3 aromatic rings. The molecule has 8 heteroatoms. The molecule has 0 atom stereocenters. The molecule has 0 radical (unpaired) electrons. The summed E-state index contributed by atoms with van der Waals surface area (Å²) >= 11 is 0. The fraction of sp³-hybridized carbons (Fsp3) is 0.474. The third-order valence-electron chi connectivity index (χ3n) is 4.54. The number of aromatic nitrogens is 5. The topological polar surface area (TPSA) is 87.0 Å². The van der Waals surface area contributed by atoms with E-state index in [1.165, 1.54) is 12.8 Å². The molecule has 1 aliphatic rings. The van der Waals surface area contributed by atoms with Crippen molar-refractivity contribution >= 4 is 22.8 Å². The highest BCUT2D eigenvalue weighted by Crippen LogP contribution is 2.31. The van der Waals surface area contributed by atoms with Crippen molar-refractivity contribution in [1.29, 1.82) is 0 Å². The zero-order valence-electron chi connectivity index (χ0n) is 15.7. The van der Waals surface area contributed by atoms with E-state index >= 15 is 0 Å². The van der Waals surface area contributed by atoms with E-state index in [0.29, 0.717) is 35.7 Å². The summed E-state index contributed by atoms with van der Waals surface area (Å²) in [6.45, 7) is 3.72. The SMILES string of the molecule is CCCCn1cnc2c(OCC3CC3)nc(Nc3ccc(OC)nc3)nc21. The minimum atomic E-state index is 0.471. The largest absolute Gasteiger partial charge is 0.481 e. The third-order valence-corrected chi connectivity index (χ3v) is 4.54. The number of rotatable bonds is 9. The van der Waals surface area contributed by atoms with E-state index in [4.69, 9.17) is 9.47 Å².